The normalized spacial score (nSPS) is 18.6. The molecular weight excluding hydrogens is 226 g/mol. The van der Waals surface area contributed by atoms with Crippen molar-refractivity contribution in [2.45, 2.75) is 57.5 Å². The highest BCUT2D eigenvalue weighted by atomic mass is 16.1. The molecule has 1 aliphatic carbocycles. The van der Waals surface area contributed by atoms with Gasteiger partial charge in [0.1, 0.15) is 0 Å². The smallest absolute Gasteiger partial charge is 0.221 e. The van der Waals surface area contributed by atoms with Crippen LogP contribution in [0.3, 0.4) is 0 Å². The molecule has 1 fully saturated rings. The summed E-state index contributed by atoms with van der Waals surface area (Å²) in [6.07, 6.45) is 5.53. The molecular formula is C14H29N3O. The lowest BCUT2D eigenvalue weighted by atomic mass is 9.96. The number of nitrogens with one attached hydrogen (secondary N) is 2. The van der Waals surface area contributed by atoms with Crippen molar-refractivity contribution >= 4 is 5.91 Å². The van der Waals surface area contributed by atoms with Crippen LogP contribution in [-0.2, 0) is 4.79 Å². The number of carbonyl (C=O) groups is 1. The summed E-state index contributed by atoms with van der Waals surface area (Å²) >= 11 is 0. The zero-order valence-corrected chi connectivity index (χ0v) is 12.4. The molecule has 0 atom stereocenters. The van der Waals surface area contributed by atoms with Gasteiger partial charge in [-0.25, -0.2) is 0 Å². The number of likely N-dealkylation sites (N-methyl/N-ethyl adjacent to an activating group) is 1. The first kappa shape index (κ1) is 15.4. The van der Waals surface area contributed by atoms with Crippen LogP contribution in [0.4, 0.5) is 0 Å². The fourth-order valence-corrected chi connectivity index (χ4v) is 2.64. The van der Waals surface area contributed by atoms with E-state index >= 15 is 0 Å². The number of hydrogen-bond acceptors (Lipinski definition) is 3. The van der Waals surface area contributed by atoms with E-state index in [2.05, 4.69) is 43.5 Å². The average Bonchev–Trinajstić information content (AvgIpc) is 2.75. The maximum Gasteiger partial charge on any atom is 0.221 e. The van der Waals surface area contributed by atoms with Crippen LogP contribution in [0.5, 0.6) is 0 Å². The van der Waals surface area contributed by atoms with Crippen molar-refractivity contribution in [1.29, 1.82) is 0 Å². The van der Waals surface area contributed by atoms with E-state index < -0.39 is 0 Å². The van der Waals surface area contributed by atoms with Crippen molar-refractivity contribution in [2.24, 2.45) is 0 Å². The molecule has 0 spiro atoms. The molecule has 1 rings (SSSR count). The lowest BCUT2D eigenvalue weighted by molar-refractivity contribution is -0.121. The van der Waals surface area contributed by atoms with Crippen LogP contribution in [0, 0.1) is 0 Å². The van der Waals surface area contributed by atoms with Gasteiger partial charge in [0.05, 0.1) is 0 Å². The summed E-state index contributed by atoms with van der Waals surface area (Å²) in [4.78, 5) is 14.1. The molecule has 1 saturated carbocycles. The first-order valence-corrected chi connectivity index (χ1v) is 7.14. The van der Waals surface area contributed by atoms with Gasteiger partial charge >= 0.3 is 0 Å². The SMILES string of the molecule is CC(C)NCCC(=O)NCC1(N(C)C)CCCC1. The molecule has 0 aromatic rings. The van der Waals surface area contributed by atoms with Gasteiger partial charge in [0.2, 0.25) is 5.91 Å². The first-order chi connectivity index (χ1) is 8.46. The van der Waals surface area contributed by atoms with Crippen LogP contribution in [0.15, 0.2) is 0 Å². The Balaban J connectivity index is 2.28. The zero-order chi connectivity index (χ0) is 13.6. The van der Waals surface area contributed by atoms with Gasteiger partial charge in [0.25, 0.3) is 0 Å². The highest BCUT2D eigenvalue weighted by molar-refractivity contribution is 5.76. The minimum Gasteiger partial charge on any atom is -0.354 e. The highest BCUT2D eigenvalue weighted by Crippen LogP contribution is 2.32. The van der Waals surface area contributed by atoms with Crippen molar-refractivity contribution in [1.82, 2.24) is 15.5 Å². The quantitative estimate of drug-likeness (QED) is 0.722. The third-order valence-electron chi connectivity index (χ3n) is 4.00. The van der Waals surface area contributed by atoms with Gasteiger partial charge in [0, 0.05) is 31.1 Å². The molecule has 0 aliphatic heterocycles. The largest absolute Gasteiger partial charge is 0.354 e. The van der Waals surface area contributed by atoms with Crippen molar-refractivity contribution in [3.05, 3.63) is 0 Å². The summed E-state index contributed by atoms with van der Waals surface area (Å²) in [7, 11) is 4.25. The second-order valence-corrected chi connectivity index (χ2v) is 5.96. The number of rotatable bonds is 7. The Morgan fingerprint density at radius 2 is 1.89 bits per heavy atom. The lowest BCUT2D eigenvalue weighted by Gasteiger charge is -2.36. The molecule has 0 aromatic heterocycles. The lowest BCUT2D eigenvalue weighted by Crippen LogP contribution is -2.51. The van der Waals surface area contributed by atoms with Gasteiger partial charge in [-0.05, 0) is 26.9 Å². The Morgan fingerprint density at radius 3 is 2.39 bits per heavy atom. The predicted molar refractivity (Wildman–Crippen MR) is 75.7 cm³/mol. The van der Waals surface area contributed by atoms with Gasteiger partial charge < -0.3 is 15.5 Å². The van der Waals surface area contributed by atoms with Crippen LogP contribution in [0.1, 0.15) is 46.0 Å². The molecule has 0 heterocycles. The van der Waals surface area contributed by atoms with Crippen LogP contribution in [-0.4, -0.2) is 49.6 Å². The van der Waals surface area contributed by atoms with Crippen molar-refractivity contribution in [3.8, 4) is 0 Å². The van der Waals surface area contributed by atoms with Gasteiger partial charge in [-0.1, -0.05) is 26.7 Å². The van der Waals surface area contributed by atoms with Crippen molar-refractivity contribution in [2.75, 3.05) is 27.2 Å². The van der Waals surface area contributed by atoms with Crippen LogP contribution >= 0.6 is 0 Å². The van der Waals surface area contributed by atoms with E-state index in [0.717, 1.165) is 13.1 Å². The molecule has 0 radical (unpaired) electrons. The van der Waals surface area contributed by atoms with E-state index in [1.54, 1.807) is 0 Å². The average molecular weight is 255 g/mol. The van der Waals surface area contributed by atoms with E-state index in [9.17, 15) is 4.79 Å². The van der Waals surface area contributed by atoms with Gasteiger partial charge in [-0.15, -0.1) is 0 Å². The zero-order valence-electron chi connectivity index (χ0n) is 12.4. The number of hydrogen-bond donors (Lipinski definition) is 2. The highest BCUT2D eigenvalue weighted by Gasteiger charge is 2.35. The summed E-state index contributed by atoms with van der Waals surface area (Å²) < 4.78 is 0. The van der Waals surface area contributed by atoms with E-state index in [-0.39, 0.29) is 11.4 Å². The van der Waals surface area contributed by atoms with Gasteiger partial charge in [-0.3, -0.25) is 4.79 Å². The summed E-state index contributed by atoms with van der Waals surface area (Å²) in [5.74, 6) is 0.163. The van der Waals surface area contributed by atoms with Crippen LogP contribution in [0.25, 0.3) is 0 Å². The molecule has 106 valence electrons. The third kappa shape index (κ3) is 4.58. The fourth-order valence-electron chi connectivity index (χ4n) is 2.64. The molecule has 0 unspecified atom stereocenters. The van der Waals surface area contributed by atoms with E-state index in [1.807, 2.05) is 0 Å². The maximum atomic E-state index is 11.8. The van der Waals surface area contributed by atoms with E-state index in [1.165, 1.54) is 25.7 Å². The summed E-state index contributed by atoms with van der Waals surface area (Å²) in [5, 5.41) is 6.37. The molecule has 1 amide bonds. The number of amides is 1. The minimum absolute atomic E-state index is 0.163. The number of nitrogens with zero attached hydrogens (tertiary/aromatic N) is 1. The second kappa shape index (κ2) is 7.10. The van der Waals surface area contributed by atoms with Crippen LogP contribution in [0.2, 0.25) is 0 Å². The van der Waals surface area contributed by atoms with Crippen LogP contribution < -0.4 is 10.6 Å². The number of carbonyl (C=O) groups excluding carboxylic acids is 1. The Bertz CT molecular complexity index is 258. The van der Waals surface area contributed by atoms with Gasteiger partial charge in [-0.2, -0.15) is 0 Å². The molecule has 1 aliphatic rings. The Kier molecular flexibility index (Phi) is 6.09. The monoisotopic (exact) mass is 255 g/mol. The molecule has 0 aromatic carbocycles. The van der Waals surface area contributed by atoms with Crippen molar-refractivity contribution in [3.63, 3.8) is 0 Å². The van der Waals surface area contributed by atoms with Crippen molar-refractivity contribution < 1.29 is 4.79 Å². The minimum atomic E-state index is 0.163. The maximum absolute atomic E-state index is 11.8. The Morgan fingerprint density at radius 1 is 1.28 bits per heavy atom. The third-order valence-corrected chi connectivity index (χ3v) is 4.00. The standard InChI is InChI=1S/C14H29N3O/c1-12(2)15-10-7-13(18)16-11-14(17(3)4)8-5-6-9-14/h12,15H,5-11H2,1-4H3,(H,16,18). The second-order valence-electron chi connectivity index (χ2n) is 5.96. The molecule has 0 saturated heterocycles. The Hall–Kier alpha value is -0.610. The molecule has 2 N–H and O–H groups in total. The molecule has 0 bridgehead atoms. The summed E-state index contributed by atoms with van der Waals surface area (Å²) in [6, 6.07) is 0.445. The fraction of sp³-hybridized carbons (Fsp3) is 0.929. The summed E-state index contributed by atoms with van der Waals surface area (Å²) in [5.41, 5.74) is 0.196. The molecule has 4 heteroatoms. The topological polar surface area (TPSA) is 44.4 Å². The predicted octanol–water partition coefficient (Wildman–Crippen LogP) is 1.37. The molecule has 4 nitrogen and oxygen atoms in total. The summed E-state index contributed by atoms with van der Waals surface area (Å²) in [6.45, 7) is 5.74. The van der Waals surface area contributed by atoms with Gasteiger partial charge in [0.15, 0.2) is 0 Å². The molecule has 18 heavy (non-hydrogen) atoms. The van der Waals surface area contributed by atoms with E-state index in [0.29, 0.717) is 12.5 Å². The first-order valence-electron chi connectivity index (χ1n) is 7.14. The van der Waals surface area contributed by atoms with E-state index in [4.69, 9.17) is 0 Å². The Labute approximate surface area is 111 Å².